The van der Waals surface area contributed by atoms with E-state index in [0.29, 0.717) is 16.9 Å². The van der Waals surface area contributed by atoms with Crippen LogP contribution in [0.3, 0.4) is 0 Å². The van der Waals surface area contributed by atoms with E-state index in [2.05, 4.69) is 0 Å². The quantitative estimate of drug-likeness (QED) is 0.855. The molecule has 2 aromatic carbocycles. The van der Waals surface area contributed by atoms with Crippen molar-refractivity contribution in [3.05, 3.63) is 64.2 Å². The van der Waals surface area contributed by atoms with Crippen molar-refractivity contribution in [1.82, 2.24) is 0 Å². The Balaban J connectivity index is 1.97. The zero-order valence-electron chi connectivity index (χ0n) is 10.3. The lowest BCUT2D eigenvalue weighted by molar-refractivity contribution is 0.0653. The Kier molecular flexibility index (Phi) is 3.36. The lowest BCUT2D eigenvalue weighted by Crippen LogP contribution is -2.19. The Morgan fingerprint density at radius 1 is 1.05 bits per heavy atom. The minimum atomic E-state index is -0.847. The van der Waals surface area contributed by atoms with E-state index >= 15 is 0 Å². The molecule has 3 rings (SSSR count). The van der Waals surface area contributed by atoms with Crippen LogP contribution in [0.1, 0.15) is 29.8 Å². The standard InChI is InChI=1S/C15H11ClF2O2/c16-12-6-9(18)1-3-10(12)15-7-13(19)11-5-8(17)2-4-14(11)20-15/h1-6,13,15,19H,7H2/t13-,15?/m0/s1. The van der Waals surface area contributed by atoms with Gasteiger partial charge in [-0.2, -0.15) is 0 Å². The van der Waals surface area contributed by atoms with E-state index in [-0.39, 0.29) is 11.4 Å². The van der Waals surface area contributed by atoms with Gasteiger partial charge in [0.15, 0.2) is 0 Å². The Hall–Kier alpha value is -1.65. The summed E-state index contributed by atoms with van der Waals surface area (Å²) in [6, 6.07) is 8.01. The number of hydrogen-bond donors (Lipinski definition) is 1. The summed E-state index contributed by atoms with van der Waals surface area (Å²) in [5.41, 5.74) is 1.02. The molecule has 2 atom stereocenters. The summed E-state index contributed by atoms with van der Waals surface area (Å²) in [4.78, 5) is 0. The molecule has 0 saturated heterocycles. The first-order valence-corrected chi connectivity index (χ1v) is 6.51. The predicted molar refractivity (Wildman–Crippen MR) is 70.8 cm³/mol. The van der Waals surface area contributed by atoms with E-state index in [1.807, 2.05) is 0 Å². The van der Waals surface area contributed by atoms with Crippen LogP contribution in [-0.4, -0.2) is 5.11 Å². The maximum atomic E-state index is 13.2. The molecule has 5 heteroatoms. The van der Waals surface area contributed by atoms with Crippen LogP contribution in [0.2, 0.25) is 5.02 Å². The van der Waals surface area contributed by atoms with Crippen LogP contribution in [0.4, 0.5) is 8.78 Å². The fourth-order valence-electron chi connectivity index (χ4n) is 2.37. The second-order valence-electron chi connectivity index (χ2n) is 4.71. The van der Waals surface area contributed by atoms with Crippen molar-refractivity contribution in [2.75, 3.05) is 0 Å². The Labute approximate surface area is 119 Å². The topological polar surface area (TPSA) is 29.5 Å². The van der Waals surface area contributed by atoms with Crippen molar-refractivity contribution in [3.8, 4) is 5.75 Å². The molecule has 104 valence electrons. The summed E-state index contributed by atoms with van der Waals surface area (Å²) < 4.78 is 32.0. The Bertz CT molecular complexity index is 660. The third-order valence-electron chi connectivity index (χ3n) is 3.35. The highest BCUT2D eigenvalue weighted by molar-refractivity contribution is 6.31. The lowest BCUT2D eigenvalue weighted by atomic mass is 9.95. The first kappa shape index (κ1) is 13.3. The molecule has 0 aromatic heterocycles. The molecular weight excluding hydrogens is 286 g/mol. The zero-order chi connectivity index (χ0) is 14.3. The van der Waals surface area contributed by atoms with Crippen LogP contribution in [0.5, 0.6) is 5.75 Å². The Morgan fingerprint density at radius 3 is 2.50 bits per heavy atom. The molecule has 0 fully saturated rings. The average molecular weight is 297 g/mol. The SMILES string of the molecule is O[C@H]1CC(c2ccc(F)cc2Cl)Oc2ccc(F)cc21. The van der Waals surface area contributed by atoms with Gasteiger partial charge in [0.2, 0.25) is 0 Å². The normalized spacial score (nSPS) is 21.2. The summed E-state index contributed by atoms with van der Waals surface area (Å²) >= 11 is 6.00. The molecule has 1 aliphatic heterocycles. The zero-order valence-corrected chi connectivity index (χ0v) is 11.1. The molecule has 1 N–H and O–H groups in total. The van der Waals surface area contributed by atoms with E-state index in [0.717, 1.165) is 0 Å². The summed E-state index contributed by atoms with van der Waals surface area (Å²) in [5, 5.41) is 10.3. The van der Waals surface area contributed by atoms with Gasteiger partial charge in [-0.25, -0.2) is 8.78 Å². The molecule has 1 heterocycles. The van der Waals surface area contributed by atoms with Crippen LogP contribution < -0.4 is 4.74 Å². The van der Waals surface area contributed by atoms with E-state index in [4.69, 9.17) is 16.3 Å². The summed E-state index contributed by atoms with van der Waals surface area (Å²) in [6.45, 7) is 0. The van der Waals surface area contributed by atoms with Gasteiger partial charge in [-0.05, 0) is 30.3 Å². The van der Waals surface area contributed by atoms with Crippen molar-refractivity contribution in [3.63, 3.8) is 0 Å². The molecule has 0 aliphatic carbocycles. The second-order valence-corrected chi connectivity index (χ2v) is 5.11. The van der Waals surface area contributed by atoms with Gasteiger partial charge in [0.1, 0.15) is 23.5 Å². The largest absolute Gasteiger partial charge is 0.485 e. The van der Waals surface area contributed by atoms with Gasteiger partial charge in [-0.3, -0.25) is 0 Å². The minimum absolute atomic E-state index is 0.238. The van der Waals surface area contributed by atoms with E-state index in [9.17, 15) is 13.9 Å². The summed E-state index contributed by atoms with van der Waals surface area (Å²) in [5.74, 6) is -0.446. The highest BCUT2D eigenvalue weighted by Crippen LogP contribution is 2.42. The van der Waals surface area contributed by atoms with Crippen molar-refractivity contribution in [2.24, 2.45) is 0 Å². The number of halogens is 3. The molecule has 0 amide bonds. The van der Waals surface area contributed by atoms with Crippen LogP contribution >= 0.6 is 11.6 Å². The van der Waals surface area contributed by atoms with Gasteiger partial charge >= 0.3 is 0 Å². The van der Waals surface area contributed by atoms with E-state index in [1.54, 1.807) is 0 Å². The second kappa shape index (κ2) is 5.04. The van der Waals surface area contributed by atoms with Crippen molar-refractivity contribution in [1.29, 1.82) is 0 Å². The molecule has 0 saturated carbocycles. The van der Waals surface area contributed by atoms with Gasteiger partial charge in [0.05, 0.1) is 11.1 Å². The van der Waals surface area contributed by atoms with Crippen LogP contribution in [0.25, 0.3) is 0 Å². The minimum Gasteiger partial charge on any atom is -0.485 e. The van der Waals surface area contributed by atoms with Gasteiger partial charge in [0.25, 0.3) is 0 Å². The lowest BCUT2D eigenvalue weighted by Gasteiger charge is -2.30. The van der Waals surface area contributed by atoms with Crippen LogP contribution in [0.15, 0.2) is 36.4 Å². The maximum Gasteiger partial charge on any atom is 0.128 e. The van der Waals surface area contributed by atoms with Gasteiger partial charge in [-0.15, -0.1) is 0 Å². The molecule has 0 radical (unpaired) electrons. The van der Waals surface area contributed by atoms with E-state index in [1.165, 1.54) is 36.4 Å². The number of rotatable bonds is 1. The number of ether oxygens (including phenoxy) is 1. The fourth-order valence-corrected chi connectivity index (χ4v) is 2.66. The van der Waals surface area contributed by atoms with Crippen LogP contribution in [-0.2, 0) is 0 Å². The van der Waals surface area contributed by atoms with E-state index < -0.39 is 23.8 Å². The fraction of sp³-hybridized carbons (Fsp3) is 0.200. The summed E-state index contributed by atoms with van der Waals surface area (Å²) in [6.07, 6.45) is -1.10. The van der Waals surface area contributed by atoms with Crippen LogP contribution in [0, 0.1) is 11.6 Å². The molecule has 0 spiro atoms. The molecule has 1 unspecified atom stereocenters. The molecule has 0 bridgehead atoms. The van der Waals surface area contributed by atoms with Gasteiger partial charge in [-0.1, -0.05) is 17.7 Å². The monoisotopic (exact) mass is 296 g/mol. The third-order valence-corrected chi connectivity index (χ3v) is 3.67. The number of benzene rings is 2. The molecular formula is C15H11ClF2O2. The average Bonchev–Trinajstić information content (AvgIpc) is 2.39. The maximum absolute atomic E-state index is 13.2. The van der Waals surface area contributed by atoms with Crippen molar-refractivity contribution in [2.45, 2.75) is 18.6 Å². The van der Waals surface area contributed by atoms with Crippen molar-refractivity contribution >= 4 is 11.6 Å². The number of aliphatic hydroxyl groups is 1. The van der Waals surface area contributed by atoms with Gasteiger partial charge < -0.3 is 9.84 Å². The molecule has 2 aromatic rings. The first-order valence-electron chi connectivity index (χ1n) is 6.13. The third kappa shape index (κ3) is 2.37. The number of hydrogen-bond acceptors (Lipinski definition) is 2. The highest BCUT2D eigenvalue weighted by Gasteiger charge is 2.29. The summed E-state index contributed by atoms with van der Waals surface area (Å²) in [7, 11) is 0. The van der Waals surface area contributed by atoms with Crippen molar-refractivity contribution < 1.29 is 18.6 Å². The predicted octanol–water partition coefficient (Wildman–Crippen LogP) is 4.18. The highest BCUT2D eigenvalue weighted by atomic mass is 35.5. The first-order chi connectivity index (χ1) is 9.54. The Morgan fingerprint density at radius 2 is 1.75 bits per heavy atom. The number of fused-ring (bicyclic) bond motifs is 1. The molecule has 2 nitrogen and oxygen atoms in total. The molecule has 1 aliphatic rings. The molecule has 20 heavy (non-hydrogen) atoms. The smallest absolute Gasteiger partial charge is 0.128 e. The van der Waals surface area contributed by atoms with Gasteiger partial charge in [0, 0.05) is 17.5 Å². The number of aliphatic hydroxyl groups excluding tert-OH is 1.